The number of hydrogen-bond donors (Lipinski definition) is 2. The van der Waals surface area contributed by atoms with E-state index >= 15 is 0 Å². The van der Waals surface area contributed by atoms with Gasteiger partial charge in [0, 0.05) is 12.7 Å². The summed E-state index contributed by atoms with van der Waals surface area (Å²) in [5.41, 5.74) is 8.15. The van der Waals surface area contributed by atoms with Crippen molar-refractivity contribution in [2.75, 3.05) is 11.9 Å². The van der Waals surface area contributed by atoms with Crippen molar-refractivity contribution in [3.8, 4) is 0 Å². The summed E-state index contributed by atoms with van der Waals surface area (Å²) >= 11 is 0. The van der Waals surface area contributed by atoms with Crippen LogP contribution in [0.2, 0.25) is 0 Å². The second-order valence-electron chi connectivity index (χ2n) is 6.39. The third kappa shape index (κ3) is 8.01. The second-order valence-corrected chi connectivity index (χ2v) is 6.39. The molecular weight excluding hydrogens is 326 g/mol. The fourth-order valence-electron chi connectivity index (χ4n) is 2.89. The molecule has 1 aliphatic carbocycles. The van der Waals surface area contributed by atoms with Crippen LogP contribution in [0.3, 0.4) is 0 Å². The van der Waals surface area contributed by atoms with Gasteiger partial charge in [-0.3, -0.25) is 4.98 Å². The number of nitrogens with zero attached hydrogens (tertiary/aromatic N) is 1. The number of ether oxygens (including phenoxy) is 1. The Morgan fingerprint density at radius 2 is 1.69 bits per heavy atom. The fourth-order valence-corrected chi connectivity index (χ4v) is 2.89. The van der Waals surface area contributed by atoms with Gasteiger partial charge in [-0.25, -0.2) is 4.79 Å². The molecule has 0 spiro atoms. The molecule has 1 aliphatic heterocycles. The van der Waals surface area contributed by atoms with Gasteiger partial charge in [0.1, 0.15) is 6.61 Å². The van der Waals surface area contributed by atoms with E-state index in [1.807, 2.05) is 42.6 Å². The van der Waals surface area contributed by atoms with E-state index < -0.39 is 6.09 Å². The summed E-state index contributed by atoms with van der Waals surface area (Å²) in [6, 6.07) is 13.4. The highest BCUT2D eigenvalue weighted by Crippen LogP contribution is 2.17. The molecule has 5 heteroatoms. The number of pyridine rings is 1. The normalized spacial score (nSPS) is 14.5. The van der Waals surface area contributed by atoms with Crippen LogP contribution in [0.4, 0.5) is 10.5 Å². The van der Waals surface area contributed by atoms with Gasteiger partial charge in [-0.2, -0.15) is 0 Å². The molecule has 26 heavy (non-hydrogen) atoms. The maximum atomic E-state index is 10.2. The van der Waals surface area contributed by atoms with E-state index in [1.54, 1.807) is 0 Å². The molecule has 140 valence electrons. The number of fused-ring (bicyclic) bond motifs is 1. The van der Waals surface area contributed by atoms with Crippen LogP contribution in [0.15, 0.2) is 48.7 Å². The quantitative estimate of drug-likeness (QED) is 0.820. The van der Waals surface area contributed by atoms with Crippen LogP contribution in [-0.2, 0) is 17.8 Å². The minimum Gasteiger partial charge on any atom is -0.445 e. The van der Waals surface area contributed by atoms with Gasteiger partial charge in [0.2, 0.25) is 0 Å². The zero-order valence-electron chi connectivity index (χ0n) is 15.3. The maximum absolute atomic E-state index is 10.2. The summed E-state index contributed by atoms with van der Waals surface area (Å²) in [7, 11) is 0. The highest BCUT2D eigenvalue weighted by atomic mass is 16.5. The van der Waals surface area contributed by atoms with Gasteiger partial charge in [-0.05, 0) is 30.5 Å². The topological polar surface area (TPSA) is 77.2 Å². The van der Waals surface area contributed by atoms with E-state index in [4.69, 9.17) is 5.73 Å². The number of nitrogens with one attached hydrogen (secondary N) is 1. The first-order valence-electron chi connectivity index (χ1n) is 9.39. The van der Waals surface area contributed by atoms with Gasteiger partial charge in [-0.15, -0.1) is 0 Å². The molecule has 1 saturated carbocycles. The number of hydrogen-bond acceptors (Lipinski definition) is 4. The predicted molar refractivity (Wildman–Crippen MR) is 105 cm³/mol. The largest absolute Gasteiger partial charge is 0.445 e. The fraction of sp³-hybridized carbons (Fsp3) is 0.429. The lowest BCUT2D eigenvalue weighted by atomic mass is 10.1. The summed E-state index contributed by atoms with van der Waals surface area (Å²) in [6.07, 6.45) is 11.0. The van der Waals surface area contributed by atoms with E-state index in [0.29, 0.717) is 0 Å². The number of nitrogens with two attached hydrogens (primary N) is 1. The molecule has 0 radical (unpaired) electrons. The van der Waals surface area contributed by atoms with Crippen molar-refractivity contribution in [1.82, 2.24) is 4.98 Å². The van der Waals surface area contributed by atoms with Crippen molar-refractivity contribution < 1.29 is 9.53 Å². The minimum absolute atomic E-state index is 0.246. The summed E-state index contributed by atoms with van der Waals surface area (Å²) in [6.45, 7) is 1.34. The summed E-state index contributed by atoms with van der Waals surface area (Å²) < 4.78 is 4.57. The van der Waals surface area contributed by atoms with Crippen molar-refractivity contribution >= 4 is 11.8 Å². The highest BCUT2D eigenvalue weighted by molar-refractivity contribution is 5.64. The average Bonchev–Trinajstić information content (AvgIpc) is 3.28. The van der Waals surface area contributed by atoms with Crippen LogP contribution < -0.4 is 11.1 Å². The molecular formula is C21H29N3O2. The number of benzene rings is 1. The maximum Gasteiger partial charge on any atom is 0.404 e. The third-order valence-electron chi connectivity index (χ3n) is 4.27. The smallest absolute Gasteiger partial charge is 0.404 e. The van der Waals surface area contributed by atoms with Gasteiger partial charge in [0.15, 0.2) is 0 Å². The van der Waals surface area contributed by atoms with Crippen LogP contribution in [0, 0.1) is 0 Å². The lowest BCUT2D eigenvalue weighted by Gasteiger charge is -2.15. The highest BCUT2D eigenvalue weighted by Gasteiger charge is 2.06. The Morgan fingerprint density at radius 1 is 1.00 bits per heavy atom. The Morgan fingerprint density at radius 3 is 2.31 bits per heavy atom. The van der Waals surface area contributed by atoms with Gasteiger partial charge >= 0.3 is 6.09 Å². The van der Waals surface area contributed by atoms with Crippen molar-refractivity contribution in [3.63, 3.8) is 0 Å². The zero-order chi connectivity index (χ0) is 18.5. The Balaban J connectivity index is 0.000000149. The summed E-state index contributed by atoms with van der Waals surface area (Å²) in [4.78, 5) is 14.4. The number of carbonyl (C=O) groups is 1. The lowest BCUT2D eigenvalue weighted by molar-refractivity contribution is 0.150. The van der Waals surface area contributed by atoms with Crippen molar-refractivity contribution in [3.05, 3.63) is 59.9 Å². The molecule has 5 nitrogen and oxygen atoms in total. The van der Waals surface area contributed by atoms with Crippen LogP contribution in [0.25, 0.3) is 0 Å². The molecule has 1 amide bonds. The molecule has 1 fully saturated rings. The molecule has 2 heterocycles. The van der Waals surface area contributed by atoms with Gasteiger partial charge in [-0.1, -0.05) is 62.4 Å². The molecule has 4 rings (SSSR count). The van der Waals surface area contributed by atoms with E-state index in [9.17, 15) is 4.79 Å². The number of rotatable bonds is 2. The number of aromatic nitrogens is 1. The number of carbonyl (C=O) groups excluding carboxylic acids is 1. The van der Waals surface area contributed by atoms with Crippen LogP contribution in [-0.4, -0.2) is 17.6 Å². The number of anilines is 1. The molecule has 2 aromatic rings. The number of aryl methyl sites for hydroxylation is 1. The SMILES string of the molecule is C1CCCC1.NC(=O)OCc1ccccc1.c1cnc2c(c1)NCCC2. The Hall–Kier alpha value is -2.56. The van der Waals surface area contributed by atoms with E-state index in [2.05, 4.69) is 21.1 Å². The molecule has 1 aromatic heterocycles. The molecule has 0 saturated heterocycles. The Labute approximate surface area is 156 Å². The first-order valence-corrected chi connectivity index (χ1v) is 9.39. The van der Waals surface area contributed by atoms with E-state index in [0.717, 1.165) is 18.5 Å². The monoisotopic (exact) mass is 355 g/mol. The van der Waals surface area contributed by atoms with Crippen molar-refractivity contribution in [2.45, 2.75) is 51.6 Å². The minimum atomic E-state index is -0.742. The van der Waals surface area contributed by atoms with Crippen molar-refractivity contribution in [1.29, 1.82) is 0 Å². The summed E-state index contributed by atoms with van der Waals surface area (Å²) in [5, 5.41) is 3.30. The first kappa shape index (κ1) is 19.8. The van der Waals surface area contributed by atoms with Crippen LogP contribution in [0.1, 0.15) is 49.8 Å². The number of primary amides is 1. The van der Waals surface area contributed by atoms with Gasteiger partial charge in [0.05, 0.1) is 11.4 Å². The second kappa shape index (κ2) is 11.9. The Kier molecular flexibility index (Phi) is 9.05. The first-order chi connectivity index (χ1) is 12.8. The summed E-state index contributed by atoms with van der Waals surface area (Å²) in [5.74, 6) is 0. The molecule has 1 aromatic carbocycles. The molecule has 0 unspecified atom stereocenters. The standard InChI is InChI=1S/C8H10N2.C8H9NO2.C5H10/c1-3-7-8(9-5-1)4-2-6-10-7;9-8(10)11-6-7-4-2-1-3-5-7;1-2-4-5-3-1/h1,3,5,10H,2,4,6H2;1-5H,6H2,(H2,9,10);1-5H2. The average molecular weight is 355 g/mol. The third-order valence-corrected chi connectivity index (χ3v) is 4.27. The van der Waals surface area contributed by atoms with E-state index in [-0.39, 0.29) is 6.61 Å². The molecule has 0 atom stereocenters. The molecule has 3 N–H and O–H groups in total. The van der Waals surface area contributed by atoms with Crippen LogP contribution in [0.5, 0.6) is 0 Å². The van der Waals surface area contributed by atoms with Gasteiger partial charge in [0.25, 0.3) is 0 Å². The molecule has 0 bridgehead atoms. The lowest BCUT2D eigenvalue weighted by Crippen LogP contribution is -2.12. The number of amides is 1. The van der Waals surface area contributed by atoms with Gasteiger partial charge < -0.3 is 15.8 Å². The Bertz CT molecular complexity index is 610. The molecule has 2 aliphatic rings. The zero-order valence-corrected chi connectivity index (χ0v) is 15.3. The van der Waals surface area contributed by atoms with E-state index in [1.165, 1.54) is 49.9 Å². The predicted octanol–water partition coefficient (Wildman–Crippen LogP) is 4.67. The van der Waals surface area contributed by atoms with Crippen molar-refractivity contribution in [2.24, 2.45) is 5.73 Å². The van der Waals surface area contributed by atoms with Crippen LogP contribution >= 0.6 is 0 Å².